The molecule has 0 heterocycles. The second-order valence-corrected chi connectivity index (χ2v) is 8.22. The van der Waals surface area contributed by atoms with E-state index in [1.54, 1.807) is 24.3 Å². The second-order valence-electron chi connectivity index (χ2n) is 7.17. The lowest BCUT2D eigenvalue weighted by molar-refractivity contribution is -0.521. The number of thioether (sulfide) groups is 1. The van der Waals surface area contributed by atoms with Crippen LogP contribution in [0.1, 0.15) is 18.1 Å². The van der Waals surface area contributed by atoms with Gasteiger partial charge in [-0.05, 0) is 30.7 Å². The van der Waals surface area contributed by atoms with Crippen molar-refractivity contribution < 1.29 is 46.0 Å². The molecule has 3 rings (SSSR count). The topological polar surface area (TPSA) is 208 Å². The monoisotopic (exact) mass is 417 g/mol. The minimum absolute atomic E-state index is 0.278. The third-order valence-electron chi connectivity index (χ3n) is 5.39. The predicted molar refractivity (Wildman–Crippen MR) is 95.0 cm³/mol. The Balaban J connectivity index is 1.85. The predicted octanol–water partition coefficient (Wildman–Crippen LogP) is -3.18. The van der Waals surface area contributed by atoms with E-state index in [-0.39, 0.29) is 12.3 Å². The van der Waals surface area contributed by atoms with E-state index in [0.29, 0.717) is 16.9 Å². The molecule has 0 bridgehead atoms. The lowest BCUT2D eigenvalue weighted by Gasteiger charge is -2.54. The van der Waals surface area contributed by atoms with Crippen molar-refractivity contribution >= 4 is 11.8 Å². The first-order valence-electron chi connectivity index (χ1n) is 8.40. The first-order chi connectivity index (χ1) is 12.8. The average Bonchev–Trinajstić information content (AvgIpc) is 3.37. The summed E-state index contributed by atoms with van der Waals surface area (Å²) in [5.74, 6) is -15.5. The summed E-state index contributed by atoms with van der Waals surface area (Å²) in [5.41, 5.74) is 3.39. The molecule has 0 radical (unpaired) electrons. The second kappa shape index (κ2) is 6.45. The third kappa shape index (κ3) is 2.68. The van der Waals surface area contributed by atoms with Gasteiger partial charge in [0.05, 0.1) is 11.5 Å². The molecule has 2 aliphatic rings. The summed E-state index contributed by atoms with van der Waals surface area (Å²) in [6.07, 6.45) is 0.476. The van der Waals surface area contributed by atoms with Crippen LogP contribution < -0.4 is 5.73 Å². The van der Waals surface area contributed by atoms with E-state index in [1.165, 1.54) is 0 Å². The molecule has 2 aliphatic carbocycles. The van der Waals surface area contributed by atoms with Gasteiger partial charge in [-0.3, -0.25) is 0 Å². The largest absolute Gasteiger partial charge is 0.388 e. The van der Waals surface area contributed by atoms with Crippen LogP contribution in [0.4, 0.5) is 0 Å². The molecule has 1 fully saturated rings. The van der Waals surface area contributed by atoms with Gasteiger partial charge in [-0.25, -0.2) is 0 Å². The number of rotatable bonds is 6. The van der Waals surface area contributed by atoms with Crippen LogP contribution in [0, 0.1) is 5.41 Å². The molecule has 11 N–H and O–H groups in total. The van der Waals surface area contributed by atoms with Gasteiger partial charge in [0, 0.05) is 16.2 Å². The Kier molecular flexibility index (Phi) is 4.98. The molecule has 0 aromatic heterocycles. The molecule has 11 heteroatoms. The van der Waals surface area contributed by atoms with E-state index < -0.39 is 40.2 Å². The fraction of sp³-hybridized carbons (Fsp3) is 0.529. The summed E-state index contributed by atoms with van der Waals surface area (Å²) in [7, 11) is 0. The maximum Gasteiger partial charge on any atom is 0.284 e. The van der Waals surface area contributed by atoms with Crippen LogP contribution in [0.3, 0.4) is 0 Å². The summed E-state index contributed by atoms with van der Waals surface area (Å²) >= 11 is 0.999. The lowest BCUT2D eigenvalue weighted by Crippen LogP contribution is -2.82. The van der Waals surface area contributed by atoms with Gasteiger partial charge in [0.2, 0.25) is 11.6 Å². The van der Waals surface area contributed by atoms with Crippen LogP contribution in [0.25, 0.3) is 0 Å². The number of hydrogen-bond donors (Lipinski definition) is 10. The number of aliphatic hydroxyl groups excluding tert-OH is 1. The molecule has 1 saturated carbocycles. The molecule has 1 aromatic rings. The van der Waals surface area contributed by atoms with E-state index in [0.717, 1.165) is 17.8 Å². The zero-order valence-corrected chi connectivity index (χ0v) is 15.4. The Bertz CT molecular complexity index is 808. The Morgan fingerprint density at radius 1 is 0.929 bits per heavy atom. The number of aliphatic hydroxyl groups is 9. The molecule has 2 atom stereocenters. The molecule has 28 heavy (non-hydrogen) atoms. The van der Waals surface area contributed by atoms with Crippen molar-refractivity contribution in [3.8, 4) is 0 Å². The Morgan fingerprint density at radius 2 is 1.57 bits per heavy atom. The van der Waals surface area contributed by atoms with Gasteiger partial charge in [-0.15, -0.1) is 11.8 Å². The molecular formula is C17H23NO9S. The Labute approximate surface area is 163 Å². The van der Waals surface area contributed by atoms with Crippen molar-refractivity contribution in [2.45, 2.75) is 40.6 Å². The minimum atomic E-state index is -4.08. The molecule has 0 amide bonds. The number of benzene rings is 1. The minimum Gasteiger partial charge on any atom is -0.388 e. The van der Waals surface area contributed by atoms with Crippen molar-refractivity contribution in [1.82, 2.24) is 0 Å². The Hall–Kier alpha value is -1.09. The average molecular weight is 417 g/mol. The van der Waals surface area contributed by atoms with E-state index in [2.05, 4.69) is 0 Å². The van der Waals surface area contributed by atoms with Gasteiger partial charge >= 0.3 is 0 Å². The molecule has 10 nitrogen and oxygen atoms in total. The molecular weight excluding hydrogens is 394 g/mol. The highest BCUT2D eigenvalue weighted by Gasteiger charge is 2.86. The maximum atomic E-state index is 10.3. The van der Waals surface area contributed by atoms with Crippen LogP contribution in [-0.2, 0) is 0 Å². The van der Waals surface area contributed by atoms with Crippen LogP contribution in [0.2, 0.25) is 0 Å². The number of hydrogen-bond acceptors (Lipinski definition) is 11. The van der Waals surface area contributed by atoms with Crippen LogP contribution >= 0.6 is 11.8 Å². The fourth-order valence-electron chi connectivity index (χ4n) is 3.45. The molecule has 0 aliphatic heterocycles. The molecule has 156 valence electrons. The van der Waals surface area contributed by atoms with Crippen molar-refractivity contribution in [1.29, 1.82) is 0 Å². The van der Waals surface area contributed by atoms with E-state index >= 15 is 0 Å². The number of nitrogens with two attached hydrogens (primary N) is 1. The maximum absolute atomic E-state index is 10.3. The molecule has 0 saturated heterocycles. The van der Waals surface area contributed by atoms with Gasteiger partial charge in [0.1, 0.15) is 0 Å². The smallest absolute Gasteiger partial charge is 0.284 e. The normalized spacial score (nSPS) is 29.6. The molecule has 1 aromatic carbocycles. The standard InChI is InChI=1S/C17H23NO9S/c18-5-4-11(19)9-2-1-3-10(6-9)28-8-13-7-12(13)14(20,21)16(24,25)17(26,27)15(13,22)23/h1-3,6-7,11,19-27H,4-5,8,18H2. The first-order valence-corrected chi connectivity index (χ1v) is 9.38. The van der Waals surface area contributed by atoms with Crippen molar-refractivity contribution in [2.75, 3.05) is 12.3 Å². The van der Waals surface area contributed by atoms with Gasteiger partial charge in [-0.1, -0.05) is 18.2 Å². The van der Waals surface area contributed by atoms with Gasteiger partial charge in [0.15, 0.2) is 0 Å². The number of fused-ring (bicyclic) bond motifs is 1. The highest BCUT2D eigenvalue weighted by molar-refractivity contribution is 7.99. The quantitative estimate of drug-likeness (QED) is 0.127. The van der Waals surface area contributed by atoms with Crippen molar-refractivity contribution in [3.05, 3.63) is 41.5 Å². The summed E-state index contributed by atoms with van der Waals surface area (Å²) in [6, 6.07) is 6.61. The van der Waals surface area contributed by atoms with Crippen LogP contribution in [0.15, 0.2) is 40.8 Å². The highest BCUT2D eigenvalue weighted by atomic mass is 32.2. The van der Waals surface area contributed by atoms with Crippen molar-refractivity contribution in [3.63, 3.8) is 0 Å². The van der Waals surface area contributed by atoms with E-state index in [4.69, 9.17) is 5.73 Å². The van der Waals surface area contributed by atoms with Gasteiger partial charge < -0.3 is 51.7 Å². The van der Waals surface area contributed by atoms with Crippen molar-refractivity contribution in [2.24, 2.45) is 11.1 Å². The SMILES string of the molecule is NCCC(O)c1cccc(SCC23C=C2C(O)(O)C(O)(O)C(O)(O)C3(O)O)c1. The van der Waals surface area contributed by atoms with Gasteiger partial charge in [0.25, 0.3) is 11.6 Å². The van der Waals surface area contributed by atoms with Crippen LogP contribution in [-0.4, -0.2) is 81.4 Å². The van der Waals surface area contributed by atoms with E-state index in [1.807, 2.05) is 0 Å². The van der Waals surface area contributed by atoms with Gasteiger partial charge in [-0.2, -0.15) is 0 Å². The fourth-order valence-corrected chi connectivity index (χ4v) is 4.68. The Morgan fingerprint density at radius 3 is 2.18 bits per heavy atom. The molecule has 0 spiro atoms. The highest BCUT2D eigenvalue weighted by Crippen LogP contribution is 2.67. The van der Waals surface area contributed by atoms with Crippen LogP contribution in [0.5, 0.6) is 0 Å². The summed E-state index contributed by atoms with van der Waals surface area (Å²) < 4.78 is 0. The summed E-state index contributed by atoms with van der Waals surface area (Å²) in [6.45, 7) is 0.278. The first kappa shape index (κ1) is 21.6. The zero-order chi connectivity index (χ0) is 21.2. The summed E-state index contributed by atoms with van der Waals surface area (Å²) in [5, 5.41) is 90.1. The summed E-state index contributed by atoms with van der Waals surface area (Å²) in [4.78, 5) is 0.561. The molecule has 2 unspecified atom stereocenters. The van der Waals surface area contributed by atoms with E-state index in [9.17, 15) is 46.0 Å². The lowest BCUT2D eigenvalue weighted by atomic mass is 9.70. The zero-order valence-electron chi connectivity index (χ0n) is 14.6. The third-order valence-corrected chi connectivity index (χ3v) is 6.58.